The number of anilines is 1. The number of carbonyl (C=O) groups excluding carboxylic acids is 2. The second-order valence-corrected chi connectivity index (χ2v) is 6.85. The fraction of sp³-hybridized carbons (Fsp3) is 0.333. The van der Waals surface area contributed by atoms with Gasteiger partial charge in [-0.1, -0.05) is 48.0 Å². The second-order valence-electron chi connectivity index (χ2n) is 6.85. The smallest absolute Gasteiger partial charge is 0.240 e. The highest BCUT2D eigenvalue weighted by atomic mass is 16.2. The van der Waals surface area contributed by atoms with Gasteiger partial charge in [-0.25, -0.2) is 0 Å². The van der Waals surface area contributed by atoms with Crippen LogP contribution in [-0.4, -0.2) is 18.4 Å². The summed E-state index contributed by atoms with van der Waals surface area (Å²) < 4.78 is 0. The number of benzene rings is 2. The van der Waals surface area contributed by atoms with E-state index in [2.05, 4.69) is 10.6 Å². The maximum Gasteiger partial charge on any atom is 0.240 e. The number of nitrogens with one attached hydrogen (secondary N) is 2. The van der Waals surface area contributed by atoms with E-state index in [9.17, 15) is 9.59 Å². The Morgan fingerprint density at radius 1 is 1.00 bits per heavy atom. The molecule has 25 heavy (non-hydrogen) atoms. The zero-order valence-electron chi connectivity index (χ0n) is 14.8. The third-order valence-electron chi connectivity index (χ3n) is 4.79. The normalized spacial score (nSPS) is 14.6. The van der Waals surface area contributed by atoms with Crippen molar-refractivity contribution in [2.75, 3.05) is 11.9 Å². The topological polar surface area (TPSA) is 58.2 Å². The number of hydrogen-bond donors (Lipinski definition) is 2. The lowest BCUT2D eigenvalue weighted by Crippen LogP contribution is -2.40. The van der Waals surface area contributed by atoms with Crippen LogP contribution in [0.5, 0.6) is 0 Å². The Labute approximate surface area is 148 Å². The summed E-state index contributed by atoms with van der Waals surface area (Å²) in [4.78, 5) is 25.2. The Bertz CT molecular complexity index is 780. The Hall–Kier alpha value is -2.62. The fourth-order valence-corrected chi connectivity index (χ4v) is 3.01. The molecular weight excluding hydrogens is 312 g/mol. The van der Waals surface area contributed by atoms with Gasteiger partial charge in [0.2, 0.25) is 11.8 Å². The summed E-state index contributed by atoms with van der Waals surface area (Å²) in [6.45, 7) is 4.52. The lowest BCUT2D eigenvalue weighted by Gasteiger charge is -2.16. The zero-order valence-corrected chi connectivity index (χ0v) is 14.8. The number of amides is 2. The maximum absolute atomic E-state index is 12.6. The summed E-state index contributed by atoms with van der Waals surface area (Å²) >= 11 is 0. The molecule has 0 unspecified atom stereocenters. The Morgan fingerprint density at radius 3 is 2.36 bits per heavy atom. The molecule has 2 amide bonds. The number of carbonyl (C=O) groups is 2. The Balaban J connectivity index is 1.57. The molecule has 1 saturated carbocycles. The van der Waals surface area contributed by atoms with Crippen molar-refractivity contribution >= 4 is 17.5 Å². The van der Waals surface area contributed by atoms with Crippen LogP contribution < -0.4 is 10.6 Å². The first-order valence-electron chi connectivity index (χ1n) is 8.72. The average Bonchev–Trinajstić information content (AvgIpc) is 3.40. The standard InChI is InChI=1S/C21H24N2O2/c1-15-8-9-18(16(2)14-15)23-20(25)21(11-12-21)19(24)22-13-10-17-6-4-3-5-7-17/h3-9,14H,10-13H2,1-2H3,(H,22,24)(H,23,25). The molecule has 0 heterocycles. The molecule has 4 nitrogen and oxygen atoms in total. The van der Waals surface area contributed by atoms with E-state index < -0.39 is 5.41 Å². The summed E-state index contributed by atoms with van der Waals surface area (Å²) in [5.74, 6) is -0.359. The molecule has 0 bridgehead atoms. The quantitative estimate of drug-likeness (QED) is 0.795. The molecule has 1 aliphatic carbocycles. The van der Waals surface area contributed by atoms with Crippen molar-refractivity contribution in [1.82, 2.24) is 5.32 Å². The van der Waals surface area contributed by atoms with Crippen LogP contribution >= 0.6 is 0 Å². The highest BCUT2D eigenvalue weighted by Gasteiger charge is 2.56. The molecule has 0 aromatic heterocycles. The Kier molecular flexibility index (Phi) is 4.88. The maximum atomic E-state index is 12.6. The van der Waals surface area contributed by atoms with Crippen LogP contribution in [0.25, 0.3) is 0 Å². The van der Waals surface area contributed by atoms with E-state index in [0.717, 1.165) is 23.2 Å². The number of hydrogen-bond acceptors (Lipinski definition) is 2. The van der Waals surface area contributed by atoms with E-state index in [1.807, 2.05) is 62.4 Å². The van der Waals surface area contributed by atoms with Gasteiger partial charge in [0, 0.05) is 12.2 Å². The van der Waals surface area contributed by atoms with Crippen molar-refractivity contribution in [1.29, 1.82) is 0 Å². The van der Waals surface area contributed by atoms with E-state index in [4.69, 9.17) is 0 Å². The number of rotatable bonds is 6. The van der Waals surface area contributed by atoms with Gasteiger partial charge >= 0.3 is 0 Å². The van der Waals surface area contributed by atoms with E-state index in [0.29, 0.717) is 19.4 Å². The first-order valence-corrected chi connectivity index (χ1v) is 8.72. The van der Waals surface area contributed by atoms with Gasteiger partial charge in [-0.3, -0.25) is 9.59 Å². The fourth-order valence-electron chi connectivity index (χ4n) is 3.01. The highest BCUT2D eigenvalue weighted by Crippen LogP contribution is 2.47. The third-order valence-corrected chi connectivity index (χ3v) is 4.79. The van der Waals surface area contributed by atoms with Gasteiger partial charge in [0.05, 0.1) is 0 Å². The van der Waals surface area contributed by atoms with Gasteiger partial charge < -0.3 is 10.6 Å². The van der Waals surface area contributed by atoms with E-state index in [1.54, 1.807) is 0 Å². The SMILES string of the molecule is Cc1ccc(NC(=O)C2(C(=O)NCCc3ccccc3)CC2)c(C)c1. The van der Waals surface area contributed by atoms with Crippen LogP contribution in [-0.2, 0) is 16.0 Å². The van der Waals surface area contributed by atoms with Gasteiger partial charge in [0.1, 0.15) is 5.41 Å². The van der Waals surface area contributed by atoms with E-state index >= 15 is 0 Å². The summed E-state index contributed by atoms with van der Waals surface area (Å²) in [6.07, 6.45) is 1.99. The summed E-state index contributed by atoms with van der Waals surface area (Å²) in [6, 6.07) is 15.9. The van der Waals surface area contributed by atoms with Gasteiger partial charge in [-0.15, -0.1) is 0 Å². The molecule has 0 aliphatic heterocycles. The summed E-state index contributed by atoms with van der Waals surface area (Å²) in [7, 11) is 0. The molecule has 1 aliphatic rings. The lowest BCUT2D eigenvalue weighted by molar-refractivity contribution is -0.134. The van der Waals surface area contributed by atoms with Crippen LogP contribution in [0.3, 0.4) is 0 Å². The van der Waals surface area contributed by atoms with Crippen LogP contribution in [0.4, 0.5) is 5.69 Å². The van der Waals surface area contributed by atoms with Crippen LogP contribution in [0.2, 0.25) is 0 Å². The average molecular weight is 336 g/mol. The molecule has 130 valence electrons. The van der Waals surface area contributed by atoms with E-state index in [1.165, 1.54) is 5.56 Å². The third kappa shape index (κ3) is 3.90. The summed E-state index contributed by atoms with van der Waals surface area (Å²) in [5.41, 5.74) is 3.21. The van der Waals surface area contributed by atoms with Crippen molar-refractivity contribution < 1.29 is 9.59 Å². The molecular formula is C21H24N2O2. The monoisotopic (exact) mass is 336 g/mol. The predicted molar refractivity (Wildman–Crippen MR) is 99.4 cm³/mol. The molecule has 2 aromatic carbocycles. The highest BCUT2D eigenvalue weighted by molar-refractivity contribution is 6.13. The molecule has 3 rings (SSSR count). The van der Waals surface area contributed by atoms with Crippen molar-refractivity contribution in [3.8, 4) is 0 Å². The molecule has 4 heteroatoms. The minimum Gasteiger partial charge on any atom is -0.355 e. The Morgan fingerprint density at radius 2 is 1.72 bits per heavy atom. The van der Waals surface area contributed by atoms with Gasteiger partial charge in [-0.2, -0.15) is 0 Å². The number of aryl methyl sites for hydroxylation is 2. The van der Waals surface area contributed by atoms with Crippen molar-refractivity contribution in [3.05, 3.63) is 65.2 Å². The minimum atomic E-state index is -0.895. The predicted octanol–water partition coefficient (Wildman–Crippen LogP) is 3.38. The summed E-state index contributed by atoms with van der Waals surface area (Å²) in [5, 5.41) is 5.85. The molecule has 0 radical (unpaired) electrons. The van der Waals surface area contributed by atoms with Gasteiger partial charge in [0.25, 0.3) is 0 Å². The molecule has 0 saturated heterocycles. The molecule has 1 fully saturated rings. The molecule has 0 atom stereocenters. The minimum absolute atomic E-state index is 0.161. The lowest BCUT2D eigenvalue weighted by atomic mass is 10.0. The van der Waals surface area contributed by atoms with Crippen LogP contribution in [0.15, 0.2) is 48.5 Å². The molecule has 2 N–H and O–H groups in total. The molecule has 2 aromatic rings. The first kappa shape index (κ1) is 17.2. The molecule has 0 spiro atoms. The van der Waals surface area contributed by atoms with Crippen LogP contribution in [0.1, 0.15) is 29.5 Å². The zero-order chi connectivity index (χ0) is 17.9. The first-order chi connectivity index (χ1) is 12.0. The van der Waals surface area contributed by atoms with Crippen molar-refractivity contribution in [3.63, 3.8) is 0 Å². The van der Waals surface area contributed by atoms with E-state index in [-0.39, 0.29) is 11.8 Å². The van der Waals surface area contributed by atoms with Gasteiger partial charge in [0.15, 0.2) is 0 Å². The van der Waals surface area contributed by atoms with Crippen LogP contribution in [0, 0.1) is 19.3 Å². The largest absolute Gasteiger partial charge is 0.355 e. The van der Waals surface area contributed by atoms with Crippen molar-refractivity contribution in [2.24, 2.45) is 5.41 Å². The second kappa shape index (κ2) is 7.09. The van der Waals surface area contributed by atoms with Gasteiger partial charge in [-0.05, 0) is 50.3 Å². The van der Waals surface area contributed by atoms with Crippen molar-refractivity contribution in [2.45, 2.75) is 33.1 Å².